The Balaban J connectivity index is 1.13. The molecule has 0 bridgehead atoms. The van der Waals surface area contributed by atoms with Crippen LogP contribution in [0.25, 0.3) is 16.7 Å². The molecule has 1 saturated heterocycles. The fourth-order valence-corrected chi connectivity index (χ4v) is 6.31. The van der Waals surface area contributed by atoms with E-state index < -0.39 is 23.1 Å². The Morgan fingerprint density at radius 1 is 0.926 bits per heavy atom. The SMILES string of the molecule is COCCN1CCC(Nc2nn(Cc3ccc(OC)cc3)c3nccc(Oc4ccc(NC(=O)c5ccnn(-c6ccc(F)cc6)c5=O)cc4F)c23)CC1. The van der Waals surface area contributed by atoms with Gasteiger partial charge in [0.05, 0.1) is 25.9 Å². The minimum Gasteiger partial charge on any atom is -0.497 e. The zero-order valence-corrected chi connectivity index (χ0v) is 29.7. The molecule has 1 aliphatic heterocycles. The highest BCUT2D eigenvalue weighted by molar-refractivity contribution is 6.04. The smallest absolute Gasteiger partial charge is 0.284 e. The summed E-state index contributed by atoms with van der Waals surface area (Å²) >= 11 is 0. The molecule has 3 aromatic carbocycles. The van der Waals surface area contributed by atoms with Crippen LogP contribution in [0.3, 0.4) is 0 Å². The van der Waals surface area contributed by atoms with Crippen molar-refractivity contribution in [1.82, 2.24) is 29.4 Å². The van der Waals surface area contributed by atoms with E-state index in [4.69, 9.17) is 19.3 Å². The van der Waals surface area contributed by atoms with Crippen LogP contribution < -0.4 is 25.7 Å². The number of fused-ring (bicyclic) bond motifs is 1. The van der Waals surface area contributed by atoms with Gasteiger partial charge in [-0.15, -0.1) is 0 Å². The maximum absolute atomic E-state index is 15.7. The third kappa shape index (κ3) is 8.06. The molecule has 0 radical (unpaired) electrons. The van der Waals surface area contributed by atoms with Crippen LogP contribution in [0.1, 0.15) is 28.8 Å². The number of nitrogens with one attached hydrogen (secondary N) is 2. The number of anilines is 2. The minimum atomic E-state index is -0.772. The lowest BCUT2D eigenvalue weighted by molar-refractivity contribution is 0.102. The van der Waals surface area contributed by atoms with Gasteiger partial charge in [-0.2, -0.15) is 14.9 Å². The van der Waals surface area contributed by atoms with Crippen LogP contribution in [-0.4, -0.2) is 81.9 Å². The van der Waals surface area contributed by atoms with Crippen molar-refractivity contribution in [3.8, 4) is 22.9 Å². The Labute approximate surface area is 309 Å². The monoisotopic (exact) mass is 736 g/mol. The Bertz CT molecular complexity index is 2310. The molecule has 278 valence electrons. The summed E-state index contributed by atoms with van der Waals surface area (Å²) in [5.41, 5.74) is 0.953. The van der Waals surface area contributed by atoms with Gasteiger partial charge in [0.2, 0.25) is 0 Å². The Hall–Kier alpha value is -6.19. The molecule has 7 rings (SSSR count). The third-order valence-corrected chi connectivity index (χ3v) is 9.20. The maximum Gasteiger partial charge on any atom is 0.284 e. The van der Waals surface area contributed by atoms with E-state index in [9.17, 15) is 14.0 Å². The number of piperidine rings is 1. The number of hydrogen-bond acceptors (Lipinski definition) is 10. The first-order valence-electron chi connectivity index (χ1n) is 17.4. The van der Waals surface area contributed by atoms with Crippen molar-refractivity contribution in [3.63, 3.8) is 0 Å². The van der Waals surface area contributed by atoms with E-state index >= 15 is 4.39 Å². The van der Waals surface area contributed by atoms with Crippen molar-refractivity contribution in [1.29, 1.82) is 0 Å². The van der Waals surface area contributed by atoms with Gasteiger partial charge < -0.3 is 29.7 Å². The number of aromatic nitrogens is 5. The summed E-state index contributed by atoms with van der Waals surface area (Å²) in [7, 11) is 3.32. The molecule has 0 unspecified atom stereocenters. The van der Waals surface area contributed by atoms with E-state index in [1.807, 2.05) is 24.3 Å². The topological polar surface area (TPSA) is 138 Å². The van der Waals surface area contributed by atoms with Crippen molar-refractivity contribution < 1.29 is 27.8 Å². The molecule has 13 nitrogen and oxygen atoms in total. The number of likely N-dealkylation sites (tertiary alicyclic amines) is 1. The van der Waals surface area contributed by atoms with Crippen LogP contribution in [0.15, 0.2) is 96.1 Å². The van der Waals surface area contributed by atoms with E-state index in [-0.39, 0.29) is 28.7 Å². The largest absolute Gasteiger partial charge is 0.497 e. The highest BCUT2D eigenvalue weighted by Gasteiger charge is 2.24. The molecule has 6 aromatic rings. The van der Waals surface area contributed by atoms with Crippen LogP contribution >= 0.6 is 0 Å². The molecule has 0 saturated carbocycles. The van der Waals surface area contributed by atoms with Gasteiger partial charge in [0, 0.05) is 63.0 Å². The minimum absolute atomic E-state index is 0.0941. The second kappa shape index (κ2) is 16.2. The second-order valence-corrected chi connectivity index (χ2v) is 12.8. The van der Waals surface area contributed by atoms with Crippen LogP contribution in [0, 0.1) is 11.6 Å². The van der Waals surface area contributed by atoms with Crippen LogP contribution in [0.5, 0.6) is 17.2 Å². The van der Waals surface area contributed by atoms with Gasteiger partial charge in [-0.05, 0) is 73.0 Å². The molecule has 3 aromatic heterocycles. The van der Waals surface area contributed by atoms with Crippen LogP contribution in [0.4, 0.5) is 20.3 Å². The van der Waals surface area contributed by atoms with Crippen molar-refractivity contribution in [2.24, 2.45) is 0 Å². The molecule has 54 heavy (non-hydrogen) atoms. The average Bonchev–Trinajstić information content (AvgIpc) is 3.53. The third-order valence-electron chi connectivity index (χ3n) is 9.20. The summed E-state index contributed by atoms with van der Waals surface area (Å²) in [5.74, 6) is -0.438. The number of pyridine rings is 1. The number of methoxy groups -OCH3 is 2. The van der Waals surface area contributed by atoms with Crippen molar-refractivity contribution in [2.75, 3.05) is 51.1 Å². The first-order chi connectivity index (χ1) is 26.3. The summed E-state index contributed by atoms with van der Waals surface area (Å²) in [6, 6.07) is 19.8. The summed E-state index contributed by atoms with van der Waals surface area (Å²) in [5, 5.41) is 15.7. The normalized spacial score (nSPS) is 13.6. The fourth-order valence-electron chi connectivity index (χ4n) is 6.31. The van der Waals surface area contributed by atoms with Gasteiger partial charge in [0.15, 0.2) is 23.0 Å². The zero-order chi connectivity index (χ0) is 37.6. The Morgan fingerprint density at radius 2 is 1.70 bits per heavy atom. The van der Waals surface area contributed by atoms with E-state index in [0.717, 1.165) is 54.5 Å². The molecule has 0 aliphatic carbocycles. The van der Waals surface area contributed by atoms with E-state index in [1.165, 1.54) is 48.7 Å². The number of rotatable bonds is 13. The number of halogens is 2. The van der Waals surface area contributed by atoms with Gasteiger partial charge in [-0.3, -0.25) is 9.59 Å². The quantitative estimate of drug-likeness (QED) is 0.148. The number of carbonyl (C=O) groups is 1. The number of nitrogens with zero attached hydrogens (tertiary/aromatic N) is 6. The predicted molar refractivity (Wildman–Crippen MR) is 199 cm³/mol. The van der Waals surface area contributed by atoms with Gasteiger partial charge in [-0.25, -0.2) is 18.4 Å². The van der Waals surface area contributed by atoms with E-state index in [1.54, 1.807) is 31.2 Å². The van der Waals surface area contributed by atoms with Gasteiger partial charge in [0.1, 0.15) is 28.3 Å². The molecule has 1 amide bonds. The summed E-state index contributed by atoms with van der Waals surface area (Å²) in [6.45, 7) is 3.79. The molecule has 1 aliphatic rings. The van der Waals surface area contributed by atoms with Crippen molar-refractivity contribution >= 4 is 28.4 Å². The van der Waals surface area contributed by atoms with Gasteiger partial charge in [0.25, 0.3) is 11.5 Å². The molecule has 15 heteroatoms. The molecular weight excluding hydrogens is 698 g/mol. The first kappa shape index (κ1) is 36.2. The van der Waals surface area contributed by atoms with E-state index in [0.29, 0.717) is 35.8 Å². The molecule has 0 atom stereocenters. The molecule has 2 N–H and O–H groups in total. The van der Waals surface area contributed by atoms with Crippen LogP contribution in [-0.2, 0) is 11.3 Å². The van der Waals surface area contributed by atoms with Crippen molar-refractivity contribution in [3.05, 3.63) is 124 Å². The summed E-state index contributed by atoms with van der Waals surface area (Å²) in [6.07, 6.45) is 4.66. The van der Waals surface area contributed by atoms with Crippen molar-refractivity contribution in [2.45, 2.75) is 25.4 Å². The number of carbonyl (C=O) groups excluding carboxylic acids is 1. The van der Waals surface area contributed by atoms with Crippen LogP contribution in [0.2, 0.25) is 0 Å². The zero-order valence-electron chi connectivity index (χ0n) is 29.7. The lowest BCUT2D eigenvalue weighted by Gasteiger charge is -2.32. The molecule has 0 spiro atoms. The highest BCUT2D eigenvalue weighted by atomic mass is 19.1. The number of amides is 1. The molecular formula is C39H38F2N8O5. The molecule has 4 heterocycles. The molecule has 1 fully saturated rings. The fraction of sp³-hybridized carbons (Fsp3) is 0.256. The predicted octanol–water partition coefficient (Wildman–Crippen LogP) is 5.88. The maximum atomic E-state index is 15.7. The van der Waals surface area contributed by atoms with Gasteiger partial charge in [-0.1, -0.05) is 12.1 Å². The summed E-state index contributed by atoms with van der Waals surface area (Å²) < 4.78 is 48.6. The number of ether oxygens (including phenoxy) is 3. The first-order valence-corrected chi connectivity index (χ1v) is 17.4. The number of benzene rings is 3. The Kier molecular flexibility index (Phi) is 10.9. The highest BCUT2D eigenvalue weighted by Crippen LogP contribution is 2.36. The lowest BCUT2D eigenvalue weighted by Crippen LogP contribution is -2.40. The summed E-state index contributed by atoms with van der Waals surface area (Å²) in [4.78, 5) is 33.2. The second-order valence-electron chi connectivity index (χ2n) is 12.8. The van der Waals surface area contributed by atoms with Gasteiger partial charge >= 0.3 is 0 Å². The standard InChI is InChI=1S/C39H38F2N8O5/c1-52-22-21-47-19-15-27(16-20-47)44-36-35-34(14-17-42-37(35)48(46-36)24-25-3-10-30(53-2)11-4-25)54-33-12-7-28(23-32(33)41)45-38(50)31-13-18-43-49(39(31)51)29-8-5-26(40)6-9-29/h3-14,17-18,23,27H,15-16,19-22,24H2,1-2H3,(H,44,46)(H,45,50). The van der Waals surface area contributed by atoms with E-state index in [2.05, 4.69) is 25.6 Å². The Morgan fingerprint density at radius 3 is 2.43 bits per heavy atom. The number of hydrogen-bond donors (Lipinski definition) is 2. The average molecular weight is 737 g/mol. The lowest BCUT2D eigenvalue weighted by atomic mass is 10.0.